The van der Waals surface area contributed by atoms with Gasteiger partial charge >= 0.3 is 0 Å². The Morgan fingerprint density at radius 2 is 2.42 bits per heavy atom. The molecule has 1 aliphatic rings. The van der Waals surface area contributed by atoms with E-state index in [1.807, 2.05) is 24.3 Å². The number of benzene rings is 1. The lowest BCUT2D eigenvalue weighted by molar-refractivity contribution is -0.119. The number of aliphatic hydroxyl groups is 1. The van der Waals surface area contributed by atoms with E-state index < -0.39 is 0 Å². The third-order valence-corrected chi connectivity index (χ3v) is 2.90. The van der Waals surface area contributed by atoms with Gasteiger partial charge in [0, 0.05) is 24.3 Å². The van der Waals surface area contributed by atoms with E-state index in [1.54, 1.807) is 0 Å². The molecule has 1 aliphatic heterocycles. The number of anilines is 1. The zero-order chi connectivity index (χ0) is 13.5. The van der Waals surface area contributed by atoms with Crippen LogP contribution in [0.4, 0.5) is 5.69 Å². The summed E-state index contributed by atoms with van der Waals surface area (Å²) in [6, 6.07) is 7.39. The first-order valence-corrected chi connectivity index (χ1v) is 6.38. The van der Waals surface area contributed by atoms with Gasteiger partial charge in [0.25, 0.3) is 0 Å². The molecule has 1 heterocycles. The first-order chi connectivity index (χ1) is 9.29. The summed E-state index contributed by atoms with van der Waals surface area (Å²) in [4.78, 5) is 11.9. The molecule has 0 aromatic heterocycles. The number of aliphatic hydroxyl groups excluding tert-OH is 1. The molecule has 1 fully saturated rings. The Bertz CT molecular complexity index is 496. The summed E-state index contributed by atoms with van der Waals surface area (Å²) in [5.41, 5.74) is 1.57. The summed E-state index contributed by atoms with van der Waals surface area (Å²) < 4.78 is 5.20. The van der Waals surface area contributed by atoms with Crippen molar-refractivity contribution in [2.45, 2.75) is 12.8 Å². The molecule has 0 saturated carbocycles. The van der Waals surface area contributed by atoms with Crippen molar-refractivity contribution in [1.29, 1.82) is 0 Å². The Morgan fingerprint density at radius 1 is 1.53 bits per heavy atom. The van der Waals surface area contributed by atoms with Crippen molar-refractivity contribution in [3.05, 3.63) is 29.8 Å². The highest BCUT2D eigenvalue weighted by atomic mass is 16.5. The lowest BCUT2D eigenvalue weighted by atomic mass is 10.1. The number of ether oxygens (including phenoxy) is 1. The first-order valence-electron chi connectivity index (χ1n) is 6.38. The monoisotopic (exact) mass is 259 g/mol. The van der Waals surface area contributed by atoms with Gasteiger partial charge < -0.3 is 15.2 Å². The molecule has 100 valence electrons. The van der Waals surface area contributed by atoms with Crippen LogP contribution < -0.4 is 5.32 Å². The maximum Gasteiger partial charge on any atom is 0.229 e. The van der Waals surface area contributed by atoms with E-state index in [0.29, 0.717) is 19.6 Å². The molecule has 2 N–H and O–H groups in total. The molecule has 1 atom stereocenters. The van der Waals surface area contributed by atoms with Crippen molar-refractivity contribution < 1.29 is 14.6 Å². The maximum absolute atomic E-state index is 11.9. The maximum atomic E-state index is 11.9. The molecule has 4 nitrogen and oxygen atoms in total. The number of nitrogens with one attached hydrogen (secondary N) is 1. The second kappa shape index (κ2) is 6.93. The molecule has 19 heavy (non-hydrogen) atoms. The predicted molar refractivity (Wildman–Crippen MR) is 72.6 cm³/mol. The normalized spacial score (nSPS) is 17.6. The van der Waals surface area contributed by atoms with Gasteiger partial charge in [0.15, 0.2) is 0 Å². The van der Waals surface area contributed by atoms with Crippen LogP contribution >= 0.6 is 0 Å². The summed E-state index contributed by atoms with van der Waals surface area (Å²) in [5.74, 6) is 5.74. The lowest BCUT2D eigenvalue weighted by Gasteiger charge is -2.09. The van der Waals surface area contributed by atoms with E-state index in [2.05, 4.69) is 17.2 Å². The Morgan fingerprint density at radius 3 is 3.16 bits per heavy atom. The molecule has 1 aromatic carbocycles. The molecule has 1 amide bonds. The van der Waals surface area contributed by atoms with Crippen LogP contribution in [-0.2, 0) is 9.53 Å². The average molecular weight is 259 g/mol. The SMILES string of the molecule is O=C(Nc1cccc(C#CCCO)c1)C1CCOC1. The molecular formula is C15H17NO3. The van der Waals surface area contributed by atoms with Crippen LogP contribution in [0.3, 0.4) is 0 Å². The van der Waals surface area contributed by atoms with Crippen LogP contribution in [0.1, 0.15) is 18.4 Å². The molecule has 0 bridgehead atoms. The number of hydrogen-bond donors (Lipinski definition) is 2. The summed E-state index contributed by atoms with van der Waals surface area (Å²) in [5, 5.41) is 11.5. The van der Waals surface area contributed by atoms with Crippen molar-refractivity contribution in [3.8, 4) is 11.8 Å². The van der Waals surface area contributed by atoms with Gasteiger partial charge in [0.2, 0.25) is 5.91 Å². The largest absolute Gasteiger partial charge is 0.395 e. The van der Waals surface area contributed by atoms with Crippen LogP contribution in [0.25, 0.3) is 0 Å². The molecule has 1 unspecified atom stereocenters. The zero-order valence-corrected chi connectivity index (χ0v) is 10.7. The highest BCUT2D eigenvalue weighted by molar-refractivity contribution is 5.92. The van der Waals surface area contributed by atoms with Crippen molar-refractivity contribution in [1.82, 2.24) is 0 Å². The highest BCUT2D eigenvalue weighted by Crippen LogP contribution is 2.16. The molecule has 1 aromatic rings. The second-order valence-corrected chi connectivity index (χ2v) is 4.41. The number of carbonyl (C=O) groups excluding carboxylic acids is 1. The van der Waals surface area contributed by atoms with Gasteiger partial charge in [-0.3, -0.25) is 4.79 Å². The van der Waals surface area contributed by atoms with E-state index in [1.165, 1.54) is 0 Å². The summed E-state index contributed by atoms with van der Waals surface area (Å²) >= 11 is 0. The first kappa shape index (κ1) is 13.6. The van der Waals surface area contributed by atoms with Gasteiger partial charge in [-0.05, 0) is 24.6 Å². The van der Waals surface area contributed by atoms with E-state index in [0.717, 1.165) is 17.7 Å². The topological polar surface area (TPSA) is 58.6 Å². The number of amides is 1. The van der Waals surface area contributed by atoms with Crippen molar-refractivity contribution in [2.75, 3.05) is 25.1 Å². The molecule has 2 rings (SSSR count). The fourth-order valence-corrected chi connectivity index (χ4v) is 1.88. The van der Waals surface area contributed by atoms with E-state index >= 15 is 0 Å². The van der Waals surface area contributed by atoms with Gasteiger partial charge in [-0.2, -0.15) is 0 Å². The van der Waals surface area contributed by atoms with Crippen LogP contribution in [-0.4, -0.2) is 30.8 Å². The Hall–Kier alpha value is -1.83. The van der Waals surface area contributed by atoms with E-state index in [-0.39, 0.29) is 18.4 Å². The fourth-order valence-electron chi connectivity index (χ4n) is 1.88. The van der Waals surface area contributed by atoms with Gasteiger partial charge in [0.1, 0.15) is 0 Å². The Balaban J connectivity index is 1.98. The second-order valence-electron chi connectivity index (χ2n) is 4.41. The number of rotatable bonds is 3. The molecular weight excluding hydrogens is 242 g/mol. The Labute approximate surface area is 112 Å². The molecule has 0 spiro atoms. The average Bonchev–Trinajstić information content (AvgIpc) is 2.93. The quantitative estimate of drug-likeness (QED) is 0.807. The van der Waals surface area contributed by atoms with Gasteiger partial charge in [0.05, 0.1) is 19.1 Å². The minimum absolute atomic E-state index is 0.00188. The summed E-state index contributed by atoms with van der Waals surface area (Å²) in [7, 11) is 0. The molecule has 0 aliphatic carbocycles. The minimum atomic E-state index is -0.0517. The minimum Gasteiger partial charge on any atom is -0.395 e. The molecule has 0 radical (unpaired) electrons. The van der Waals surface area contributed by atoms with Crippen LogP contribution in [0.15, 0.2) is 24.3 Å². The Kier molecular flexibility index (Phi) is 4.96. The van der Waals surface area contributed by atoms with Crippen LogP contribution in [0.2, 0.25) is 0 Å². The summed E-state index contributed by atoms with van der Waals surface area (Å²) in [6.45, 7) is 1.22. The number of carbonyl (C=O) groups is 1. The number of hydrogen-bond acceptors (Lipinski definition) is 3. The van der Waals surface area contributed by atoms with E-state index in [9.17, 15) is 4.79 Å². The van der Waals surface area contributed by atoms with Gasteiger partial charge in [-0.25, -0.2) is 0 Å². The van der Waals surface area contributed by atoms with E-state index in [4.69, 9.17) is 9.84 Å². The van der Waals surface area contributed by atoms with Crippen LogP contribution in [0, 0.1) is 17.8 Å². The fraction of sp³-hybridized carbons (Fsp3) is 0.400. The highest BCUT2D eigenvalue weighted by Gasteiger charge is 2.23. The lowest BCUT2D eigenvalue weighted by Crippen LogP contribution is -2.22. The third kappa shape index (κ3) is 4.09. The predicted octanol–water partition coefficient (Wildman–Crippen LogP) is 1.40. The molecule has 4 heteroatoms. The van der Waals surface area contributed by atoms with Crippen molar-refractivity contribution in [3.63, 3.8) is 0 Å². The van der Waals surface area contributed by atoms with Crippen LogP contribution in [0.5, 0.6) is 0 Å². The van der Waals surface area contributed by atoms with Gasteiger partial charge in [-0.1, -0.05) is 17.9 Å². The molecule has 1 saturated heterocycles. The van der Waals surface area contributed by atoms with Gasteiger partial charge in [-0.15, -0.1) is 0 Å². The smallest absolute Gasteiger partial charge is 0.229 e. The third-order valence-electron chi connectivity index (χ3n) is 2.90. The van der Waals surface area contributed by atoms with Crippen molar-refractivity contribution >= 4 is 11.6 Å². The van der Waals surface area contributed by atoms with Crippen molar-refractivity contribution in [2.24, 2.45) is 5.92 Å². The standard InChI is InChI=1S/C15H17NO3/c17-8-2-1-4-12-5-3-6-14(10-12)16-15(18)13-7-9-19-11-13/h3,5-6,10,13,17H,2,7-9,11H2,(H,16,18). The summed E-state index contributed by atoms with van der Waals surface area (Å²) in [6.07, 6.45) is 1.23. The zero-order valence-electron chi connectivity index (χ0n) is 10.7.